The Hall–Kier alpha value is -2.05. The summed E-state index contributed by atoms with van der Waals surface area (Å²) in [5, 5.41) is 19.5. The normalized spacial score (nSPS) is 16.4. The summed E-state index contributed by atoms with van der Waals surface area (Å²) < 4.78 is 5.20. The minimum Gasteiger partial charge on any atom is -0.478 e. The van der Waals surface area contributed by atoms with Gasteiger partial charge in [-0.3, -0.25) is 0 Å². The Kier molecular flexibility index (Phi) is 4.75. The van der Waals surface area contributed by atoms with Crippen molar-refractivity contribution in [3.05, 3.63) is 11.8 Å². The van der Waals surface area contributed by atoms with Crippen LogP contribution in [0.5, 0.6) is 0 Å². The Balaban J connectivity index is 2.56. The van der Waals surface area contributed by atoms with Crippen LogP contribution in [0.3, 0.4) is 0 Å². The van der Waals surface area contributed by atoms with Crippen molar-refractivity contribution in [2.45, 2.75) is 26.4 Å². The smallest absolute Gasteiger partial charge is 0.410 e. The average molecular weight is 283 g/mol. The molecule has 0 spiro atoms. The van der Waals surface area contributed by atoms with E-state index in [0.29, 0.717) is 13.1 Å². The highest BCUT2D eigenvalue weighted by atomic mass is 16.6. The monoisotopic (exact) mass is 283 g/mol. The van der Waals surface area contributed by atoms with Crippen molar-refractivity contribution in [2.24, 2.45) is 5.92 Å². The Morgan fingerprint density at radius 1 is 1.40 bits per heavy atom. The number of carbonyl (C=O) groups is 2. The molecule has 1 rings (SSSR count). The molecule has 0 radical (unpaired) electrons. The van der Waals surface area contributed by atoms with Crippen LogP contribution in [-0.4, -0.2) is 53.5 Å². The van der Waals surface area contributed by atoms with Crippen LogP contribution in [0.15, 0.2) is 11.8 Å². The van der Waals surface area contributed by atoms with Gasteiger partial charge in [-0.25, -0.2) is 9.59 Å². The van der Waals surface area contributed by atoms with E-state index < -0.39 is 17.7 Å². The molecule has 0 aliphatic carbocycles. The summed E-state index contributed by atoms with van der Waals surface area (Å²) in [6, 6.07) is 0. The van der Waals surface area contributed by atoms with Crippen LogP contribution in [0.25, 0.3) is 0 Å². The SMILES string of the molecule is CN/C=C(\C(=N)C1CN(C(=O)OC(C)(C)C)C1)C(=O)O. The molecule has 0 bridgehead atoms. The topological polar surface area (TPSA) is 103 Å². The third-order valence-corrected chi connectivity index (χ3v) is 2.75. The molecule has 1 heterocycles. The fourth-order valence-electron chi connectivity index (χ4n) is 1.76. The van der Waals surface area contributed by atoms with Crippen molar-refractivity contribution in [3.63, 3.8) is 0 Å². The molecule has 0 unspecified atom stereocenters. The maximum Gasteiger partial charge on any atom is 0.410 e. The number of hydrogen-bond acceptors (Lipinski definition) is 5. The summed E-state index contributed by atoms with van der Waals surface area (Å²) in [6.45, 7) is 5.96. The molecular formula is C13H21N3O4. The van der Waals surface area contributed by atoms with Gasteiger partial charge in [0.05, 0.1) is 11.3 Å². The highest BCUT2D eigenvalue weighted by molar-refractivity contribution is 6.19. The Morgan fingerprint density at radius 2 is 1.95 bits per heavy atom. The molecule has 3 N–H and O–H groups in total. The van der Waals surface area contributed by atoms with E-state index in [1.165, 1.54) is 11.1 Å². The van der Waals surface area contributed by atoms with Gasteiger partial charge in [0.25, 0.3) is 0 Å². The number of aliphatic carboxylic acids is 1. The van der Waals surface area contributed by atoms with Crippen molar-refractivity contribution < 1.29 is 19.4 Å². The minimum absolute atomic E-state index is 0.0201. The minimum atomic E-state index is -1.15. The molecule has 112 valence electrons. The Morgan fingerprint density at radius 3 is 2.35 bits per heavy atom. The van der Waals surface area contributed by atoms with Crippen LogP contribution in [0.4, 0.5) is 4.79 Å². The summed E-state index contributed by atoms with van der Waals surface area (Å²) in [5.74, 6) is -1.42. The number of nitrogens with one attached hydrogen (secondary N) is 2. The summed E-state index contributed by atoms with van der Waals surface area (Å²) in [4.78, 5) is 24.2. The number of ether oxygens (including phenoxy) is 1. The lowest BCUT2D eigenvalue weighted by Crippen LogP contribution is -2.54. The van der Waals surface area contributed by atoms with E-state index in [1.807, 2.05) is 0 Å². The Labute approximate surface area is 118 Å². The van der Waals surface area contributed by atoms with Gasteiger partial charge in [-0.05, 0) is 20.8 Å². The zero-order valence-corrected chi connectivity index (χ0v) is 12.2. The molecule has 0 aromatic heterocycles. The van der Waals surface area contributed by atoms with Crippen molar-refractivity contribution in [1.82, 2.24) is 10.2 Å². The zero-order chi connectivity index (χ0) is 15.5. The van der Waals surface area contributed by atoms with Gasteiger partial charge in [0.1, 0.15) is 5.60 Å². The first kappa shape index (κ1) is 16.0. The molecule has 1 amide bonds. The predicted octanol–water partition coefficient (Wildman–Crippen LogP) is 1.06. The maximum absolute atomic E-state index is 11.7. The molecule has 1 saturated heterocycles. The van der Waals surface area contributed by atoms with E-state index >= 15 is 0 Å². The second-order valence-electron chi connectivity index (χ2n) is 5.65. The van der Waals surface area contributed by atoms with E-state index in [4.69, 9.17) is 15.3 Å². The van der Waals surface area contributed by atoms with Gasteiger partial charge < -0.3 is 25.5 Å². The molecule has 20 heavy (non-hydrogen) atoms. The van der Waals surface area contributed by atoms with Gasteiger partial charge in [0.2, 0.25) is 0 Å². The number of carboxylic acids is 1. The van der Waals surface area contributed by atoms with Crippen LogP contribution >= 0.6 is 0 Å². The van der Waals surface area contributed by atoms with Crippen LogP contribution in [0.1, 0.15) is 20.8 Å². The second-order valence-corrected chi connectivity index (χ2v) is 5.65. The third kappa shape index (κ3) is 3.97. The second kappa shape index (κ2) is 5.94. The number of carbonyl (C=O) groups excluding carboxylic acids is 1. The van der Waals surface area contributed by atoms with E-state index in [0.717, 1.165) is 0 Å². The van der Waals surface area contributed by atoms with E-state index in [9.17, 15) is 9.59 Å². The molecule has 1 fully saturated rings. The van der Waals surface area contributed by atoms with Crippen molar-refractivity contribution >= 4 is 17.8 Å². The standard InChI is InChI=1S/C13H21N3O4/c1-13(2,3)20-12(19)16-6-8(7-16)10(14)9(5-15-4)11(17)18/h5,8,14-15H,6-7H2,1-4H3,(H,17,18)/b9-5+,14-10?. The Bertz CT molecular complexity index is 445. The molecule has 0 aromatic carbocycles. The largest absolute Gasteiger partial charge is 0.478 e. The van der Waals surface area contributed by atoms with Gasteiger partial charge in [-0.1, -0.05) is 0 Å². The highest BCUT2D eigenvalue weighted by Crippen LogP contribution is 2.22. The van der Waals surface area contributed by atoms with E-state index in [2.05, 4.69) is 5.32 Å². The van der Waals surface area contributed by atoms with E-state index in [-0.39, 0.29) is 17.2 Å². The quantitative estimate of drug-likeness (QED) is 0.529. The number of amides is 1. The highest BCUT2D eigenvalue weighted by Gasteiger charge is 2.38. The molecule has 0 saturated carbocycles. The van der Waals surface area contributed by atoms with Crippen LogP contribution in [0, 0.1) is 11.3 Å². The number of likely N-dealkylation sites (tertiary alicyclic amines) is 1. The number of nitrogens with zero attached hydrogens (tertiary/aromatic N) is 1. The first-order valence-corrected chi connectivity index (χ1v) is 6.33. The number of hydrogen-bond donors (Lipinski definition) is 3. The lowest BCUT2D eigenvalue weighted by Gasteiger charge is -2.40. The fraction of sp³-hybridized carbons (Fsp3) is 0.615. The molecule has 7 heteroatoms. The summed E-state index contributed by atoms with van der Waals surface area (Å²) in [5.41, 5.74) is -0.624. The molecular weight excluding hydrogens is 262 g/mol. The zero-order valence-electron chi connectivity index (χ0n) is 12.2. The van der Waals surface area contributed by atoms with E-state index in [1.54, 1.807) is 27.8 Å². The van der Waals surface area contributed by atoms with Gasteiger partial charge >= 0.3 is 12.1 Å². The molecule has 0 atom stereocenters. The van der Waals surface area contributed by atoms with Crippen molar-refractivity contribution in [1.29, 1.82) is 5.41 Å². The summed E-state index contributed by atoms with van der Waals surface area (Å²) in [6.07, 6.45) is 0.844. The van der Waals surface area contributed by atoms with Crippen LogP contribution in [0.2, 0.25) is 0 Å². The van der Waals surface area contributed by atoms with Gasteiger partial charge in [-0.2, -0.15) is 0 Å². The molecule has 1 aliphatic heterocycles. The van der Waals surface area contributed by atoms with Gasteiger partial charge in [-0.15, -0.1) is 0 Å². The lowest BCUT2D eigenvalue weighted by atomic mass is 9.90. The molecule has 1 aliphatic rings. The lowest BCUT2D eigenvalue weighted by molar-refractivity contribution is -0.132. The number of rotatable bonds is 4. The summed E-state index contributed by atoms with van der Waals surface area (Å²) >= 11 is 0. The third-order valence-electron chi connectivity index (χ3n) is 2.75. The predicted molar refractivity (Wildman–Crippen MR) is 73.8 cm³/mol. The molecule has 7 nitrogen and oxygen atoms in total. The summed E-state index contributed by atoms with van der Waals surface area (Å²) in [7, 11) is 1.57. The average Bonchev–Trinajstić information content (AvgIpc) is 2.20. The first-order valence-electron chi connectivity index (χ1n) is 6.33. The van der Waals surface area contributed by atoms with Gasteiger partial charge in [0.15, 0.2) is 0 Å². The number of carboxylic acid groups (broad SMARTS) is 1. The van der Waals surface area contributed by atoms with Gasteiger partial charge in [0, 0.05) is 32.3 Å². The first-order chi connectivity index (χ1) is 9.15. The van der Waals surface area contributed by atoms with Crippen molar-refractivity contribution in [2.75, 3.05) is 20.1 Å². The maximum atomic E-state index is 11.7. The van der Waals surface area contributed by atoms with Crippen LogP contribution in [-0.2, 0) is 9.53 Å². The molecule has 0 aromatic rings. The van der Waals surface area contributed by atoms with Crippen molar-refractivity contribution in [3.8, 4) is 0 Å². The fourth-order valence-corrected chi connectivity index (χ4v) is 1.76. The van der Waals surface area contributed by atoms with Crippen LogP contribution < -0.4 is 5.32 Å².